The predicted octanol–water partition coefficient (Wildman–Crippen LogP) is 1.67. The van der Waals surface area contributed by atoms with Gasteiger partial charge in [0.1, 0.15) is 5.52 Å². The molecule has 1 aromatic carbocycles. The van der Waals surface area contributed by atoms with Gasteiger partial charge < -0.3 is 15.1 Å². The summed E-state index contributed by atoms with van der Waals surface area (Å²) in [5, 5.41) is 6.89. The van der Waals surface area contributed by atoms with Gasteiger partial charge in [-0.25, -0.2) is 4.98 Å². The van der Waals surface area contributed by atoms with Gasteiger partial charge in [-0.15, -0.1) is 0 Å². The lowest BCUT2D eigenvalue weighted by Gasteiger charge is -2.05. The van der Waals surface area contributed by atoms with Gasteiger partial charge in [-0.05, 0) is 30.5 Å². The van der Waals surface area contributed by atoms with E-state index in [2.05, 4.69) is 21.7 Å². The molecular weight excluding hydrogens is 214 g/mol. The molecule has 1 aliphatic carbocycles. The van der Waals surface area contributed by atoms with E-state index in [0.29, 0.717) is 0 Å². The summed E-state index contributed by atoms with van der Waals surface area (Å²) in [4.78, 5) is 4.10. The summed E-state index contributed by atoms with van der Waals surface area (Å²) in [6, 6.07) is 6.93. The highest BCUT2D eigenvalue weighted by atomic mass is 16.3. The van der Waals surface area contributed by atoms with Gasteiger partial charge in [0.15, 0.2) is 12.0 Å². The maximum atomic E-state index is 5.27. The molecule has 4 heteroatoms. The molecule has 1 heterocycles. The first-order valence-electron chi connectivity index (χ1n) is 6.18. The number of fused-ring (bicyclic) bond motifs is 1. The van der Waals surface area contributed by atoms with E-state index in [1.54, 1.807) is 0 Å². The average molecular weight is 231 g/mol. The molecule has 4 nitrogen and oxygen atoms in total. The molecule has 2 N–H and O–H groups in total. The fraction of sp³-hybridized carbons (Fsp3) is 0.462. The maximum Gasteiger partial charge on any atom is 0.181 e. The van der Waals surface area contributed by atoms with Gasteiger partial charge in [-0.2, -0.15) is 0 Å². The molecular formula is C13H17N3O. The maximum absolute atomic E-state index is 5.27. The zero-order chi connectivity index (χ0) is 11.5. The molecule has 0 amide bonds. The summed E-state index contributed by atoms with van der Waals surface area (Å²) in [7, 11) is 0. The van der Waals surface area contributed by atoms with Crippen LogP contribution in [-0.2, 0) is 6.54 Å². The van der Waals surface area contributed by atoms with E-state index < -0.39 is 0 Å². The number of rotatable bonds is 6. The Hall–Kier alpha value is -1.39. The third-order valence-electron chi connectivity index (χ3n) is 3.04. The number of oxazole rings is 1. The van der Waals surface area contributed by atoms with E-state index in [1.807, 2.05) is 12.1 Å². The number of nitrogens with zero attached hydrogens (tertiary/aromatic N) is 1. The Balaban J connectivity index is 1.46. The Labute approximate surface area is 100 Å². The van der Waals surface area contributed by atoms with Crippen LogP contribution in [0.4, 0.5) is 0 Å². The first-order chi connectivity index (χ1) is 8.42. The Bertz CT molecular complexity index is 490. The van der Waals surface area contributed by atoms with Gasteiger partial charge in [-0.3, -0.25) is 0 Å². The second-order valence-electron chi connectivity index (χ2n) is 4.56. The van der Waals surface area contributed by atoms with Crippen molar-refractivity contribution in [2.75, 3.05) is 13.1 Å². The molecule has 2 aromatic rings. The number of aromatic nitrogens is 1. The SMILES string of the molecule is c1nc2ccc(CNCCNC3CC3)cc2o1. The lowest BCUT2D eigenvalue weighted by Crippen LogP contribution is -2.28. The summed E-state index contributed by atoms with van der Waals surface area (Å²) in [5.74, 6) is 0. The third kappa shape index (κ3) is 2.84. The molecule has 0 spiro atoms. The first-order valence-corrected chi connectivity index (χ1v) is 6.18. The standard InChI is InChI=1S/C13H17N3O/c1-4-12-13(17-9-16-12)7-10(1)8-14-5-6-15-11-2-3-11/h1,4,7,9,11,14-15H,2-3,5-6,8H2. The number of benzene rings is 1. The van der Waals surface area contributed by atoms with Gasteiger partial charge in [0.05, 0.1) is 0 Å². The quantitative estimate of drug-likeness (QED) is 0.742. The monoisotopic (exact) mass is 231 g/mol. The van der Waals surface area contributed by atoms with Crippen molar-refractivity contribution in [3.8, 4) is 0 Å². The van der Waals surface area contributed by atoms with Gasteiger partial charge in [0.2, 0.25) is 0 Å². The van der Waals surface area contributed by atoms with Crippen LogP contribution in [0.1, 0.15) is 18.4 Å². The van der Waals surface area contributed by atoms with E-state index in [4.69, 9.17) is 4.42 Å². The molecule has 0 radical (unpaired) electrons. The van der Waals surface area contributed by atoms with Crippen molar-refractivity contribution in [3.05, 3.63) is 30.2 Å². The van der Waals surface area contributed by atoms with Crippen molar-refractivity contribution in [1.29, 1.82) is 0 Å². The first kappa shape index (κ1) is 10.7. The molecule has 0 bridgehead atoms. The Kier molecular flexibility index (Phi) is 3.07. The van der Waals surface area contributed by atoms with E-state index in [0.717, 1.165) is 36.8 Å². The number of hydrogen-bond acceptors (Lipinski definition) is 4. The van der Waals surface area contributed by atoms with E-state index >= 15 is 0 Å². The lowest BCUT2D eigenvalue weighted by atomic mass is 10.2. The number of nitrogens with one attached hydrogen (secondary N) is 2. The number of hydrogen-bond donors (Lipinski definition) is 2. The van der Waals surface area contributed by atoms with Crippen LogP contribution in [0, 0.1) is 0 Å². The van der Waals surface area contributed by atoms with Crippen molar-refractivity contribution in [3.63, 3.8) is 0 Å². The van der Waals surface area contributed by atoms with E-state index in [9.17, 15) is 0 Å². The largest absolute Gasteiger partial charge is 0.443 e. The summed E-state index contributed by atoms with van der Waals surface area (Å²) < 4.78 is 5.27. The summed E-state index contributed by atoms with van der Waals surface area (Å²) in [6.07, 6.45) is 4.19. The molecule has 0 aliphatic heterocycles. The van der Waals surface area contributed by atoms with Crippen LogP contribution >= 0.6 is 0 Å². The topological polar surface area (TPSA) is 50.1 Å². The van der Waals surface area contributed by atoms with E-state index in [1.165, 1.54) is 24.8 Å². The van der Waals surface area contributed by atoms with Gasteiger partial charge in [0, 0.05) is 25.7 Å². The molecule has 3 rings (SSSR count). The Morgan fingerprint density at radius 3 is 3.12 bits per heavy atom. The van der Waals surface area contributed by atoms with Crippen LogP contribution in [0.15, 0.2) is 29.0 Å². The van der Waals surface area contributed by atoms with Crippen LogP contribution in [-0.4, -0.2) is 24.1 Å². The Morgan fingerprint density at radius 2 is 2.24 bits per heavy atom. The third-order valence-corrected chi connectivity index (χ3v) is 3.04. The molecule has 0 saturated heterocycles. The highest BCUT2D eigenvalue weighted by molar-refractivity contribution is 5.72. The highest BCUT2D eigenvalue weighted by Crippen LogP contribution is 2.17. The van der Waals surface area contributed by atoms with Crippen LogP contribution in [0.5, 0.6) is 0 Å². The molecule has 90 valence electrons. The van der Waals surface area contributed by atoms with Crippen LogP contribution in [0.3, 0.4) is 0 Å². The average Bonchev–Trinajstić information content (AvgIpc) is 3.05. The van der Waals surface area contributed by atoms with Crippen molar-refractivity contribution in [2.24, 2.45) is 0 Å². The molecule has 1 aromatic heterocycles. The van der Waals surface area contributed by atoms with Gasteiger partial charge in [0.25, 0.3) is 0 Å². The molecule has 0 unspecified atom stereocenters. The van der Waals surface area contributed by atoms with Crippen molar-refractivity contribution in [1.82, 2.24) is 15.6 Å². The predicted molar refractivity (Wildman–Crippen MR) is 66.7 cm³/mol. The highest BCUT2D eigenvalue weighted by Gasteiger charge is 2.19. The summed E-state index contributed by atoms with van der Waals surface area (Å²) in [6.45, 7) is 2.93. The molecule has 1 fully saturated rings. The lowest BCUT2D eigenvalue weighted by molar-refractivity contribution is 0.597. The molecule has 0 atom stereocenters. The second-order valence-corrected chi connectivity index (χ2v) is 4.56. The molecule has 1 aliphatic rings. The fourth-order valence-electron chi connectivity index (χ4n) is 1.89. The molecule has 1 saturated carbocycles. The van der Waals surface area contributed by atoms with Crippen LogP contribution in [0.25, 0.3) is 11.1 Å². The van der Waals surface area contributed by atoms with Crippen LogP contribution in [0.2, 0.25) is 0 Å². The minimum absolute atomic E-state index is 0.794. The van der Waals surface area contributed by atoms with E-state index in [-0.39, 0.29) is 0 Å². The zero-order valence-electron chi connectivity index (χ0n) is 9.78. The van der Waals surface area contributed by atoms with Gasteiger partial charge >= 0.3 is 0 Å². The van der Waals surface area contributed by atoms with Gasteiger partial charge in [-0.1, -0.05) is 6.07 Å². The van der Waals surface area contributed by atoms with Crippen molar-refractivity contribution < 1.29 is 4.42 Å². The minimum atomic E-state index is 0.794. The second kappa shape index (κ2) is 4.85. The summed E-state index contributed by atoms with van der Waals surface area (Å²) in [5.41, 5.74) is 3.02. The minimum Gasteiger partial charge on any atom is -0.443 e. The smallest absolute Gasteiger partial charge is 0.181 e. The summed E-state index contributed by atoms with van der Waals surface area (Å²) >= 11 is 0. The fourth-order valence-corrected chi connectivity index (χ4v) is 1.89. The van der Waals surface area contributed by atoms with Crippen molar-refractivity contribution >= 4 is 11.1 Å². The molecule has 17 heavy (non-hydrogen) atoms. The van der Waals surface area contributed by atoms with Crippen molar-refractivity contribution in [2.45, 2.75) is 25.4 Å². The van der Waals surface area contributed by atoms with Crippen LogP contribution < -0.4 is 10.6 Å². The normalized spacial score (nSPS) is 15.5. The zero-order valence-corrected chi connectivity index (χ0v) is 9.78. The Morgan fingerprint density at radius 1 is 1.29 bits per heavy atom.